The second kappa shape index (κ2) is 5.60. The van der Waals surface area contributed by atoms with Crippen LogP contribution in [0.5, 0.6) is 5.75 Å². The summed E-state index contributed by atoms with van der Waals surface area (Å²) >= 11 is 5.57. The van der Waals surface area contributed by atoms with E-state index in [1.165, 1.54) is 31.2 Å². The van der Waals surface area contributed by atoms with Crippen molar-refractivity contribution in [1.29, 1.82) is 0 Å². The largest absolute Gasteiger partial charge is 0.492 e. The van der Waals surface area contributed by atoms with Gasteiger partial charge in [0.05, 0.1) is 12.1 Å². The summed E-state index contributed by atoms with van der Waals surface area (Å²) < 4.78 is 8.84. The van der Waals surface area contributed by atoms with Gasteiger partial charge in [0.1, 0.15) is 11.3 Å². The minimum Gasteiger partial charge on any atom is -0.492 e. The summed E-state index contributed by atoms with van der Waals surface area (Å²) in [6, 6.07) is 6.73. The molecule has 20 heavy (non-hydrogen) atoms. The van der Waals surface area contributed by atoms with E-state index in [1.54, 1.807) is 0 Å². The summed E-state index contributed by atoms with van der Waals surface area (Å²) in [6.07, 6.45) is 5.09. The molecular formula is C16H22N2OS. The van der Waals surface area contributed by atoms with Crippen LogP contribution >= 0.6 is 12.2 Å². The van der Waals surface area contributed by atoms with Gasteiger partial charge in [0.15, 0.2) is 4.77 Å². The number of ether oxygens (including phenoxy) is 1. The fourth-order valence-corrected chi connectivity index (χ4v) is 3.75. The number of para-hydroxylation sites is 1. The van der Waals surface area contributed by atoms with Crippen molar-refractivity contribution in [1.82, 2.24) is 9.55 Å². The Kier molecular flexibility index (Phi) is 3.83. The van der Waals surface area contributed by atoms with Crippen LogP contribution < -0.4 is 4.74 Å². The molecule has 108 valence electrons. The van der Waals surface area contributed by atoms with Gasteiger partial charge in [0.2, 0.25) is 0 Å². The molecule has 1 aliphatic rings. The predicted octanol–water partition coefficient (Wildman–Crippen LogP) is 4.85. The molecule has 0 amide bonds. The van der Waals surface area contributed by atoms with Crippen molar-refractivity contribution < 1.29 is 4.74 Å². The lowest BCUT2D eigenvalue weighted by molar-refractivity contribution is 0.285. The summed E-state index contributed by atoms with van der Waals surface area (Å²) in [6.45, 7) is 5.02. The fraction of sp³-hybridized carbons (Fsp3) is 0.562. The minimum absolute atomic E-state index is 0.525. The molecule has 2 atom stereocenters. The Balaban J connectivity index is 2.09. The standard InChI is InChI=1S/C16H22N2OS/c1-3-19-14-9-5-8-13-15(14)17-16(20)18(13)12-7-4-6-11(2)10-12/h5,8-9,11-12H,3-4,6-7,10H2,1-2H3,(H,17,20). The van der Waals surface area contributed by atoms with Crippen LogP contribution in [-0.4, -0.2) is 16.2 Å². The molecule has 1 aliphatic carbocycles. The molecule has 1 N–H and O–H groups in total. The molecule has 0 aliphatic heterocycles. The lowest BCUT2D eigenvalue weighted by Gasteiger charge is -2.28. The van der Waals surface area contributed by atoms with Crippen LogP contribution in [-0.2, 0) is 0 Å². The zero-order chi connectivity index (χ0) is 14.1. The SMILES string of the molecule is CCOc1cccc2c1[nH]c(=S)n2C1CCCC(C)C1. The average molecular weight is 290 g/mol. The molecule has 1 aromatic heterocycles. The van der Waals surface area contributed by atoms with Crippen LogP contribution in [0.1, 0.15) is 45.6 Å². The van der Waals surface area contributed by atoms with Gasteiger partial charge in [0, 0.05) is 6.04 Å². The number of aromatic amines is 1. The molecule has 1 fully saturated rings. The zero-order valence-electron chi connectivity index (χ0n) is 12.2. The molecule has 0 saturated heterocycles. The molecule has 0 bridgehead atoms. The van der Waals surface area contributed by atoms with E-state index in [0.717, 1.165) is 22.0 Å². The van der Waals surface area contributed by atoms with Gasteiger partial charge in [-0.1, -0.05) is 25.8 Å². The summed E-state index contributed by atoms with van der Waals surface area (Å²) in [7, 11) is 0. The molecule has 2 aromatic rings. The highest BCUT2D eigenvalue weighted by Crippen LogP contribution is 2.36. The van der Waals surface area contributed by atoms with Gasteiger partial charge in [-0.2, -0.15) is 0 Å². The fourth-order valence-electron chi connectivity index (χ4n) is 3.40. The van der Waals surface area contributed by atoms with Gasteiger partial charge in [-0.25, -0.2) is 0 Å². The van der Waals surface area contributed by atoms with E-state index < -0.39 is 0 Å². The second-order valence-corrected chi connectivity index (χ2v) is 6.20. The third kappa shape index (κ3) is 2.37. The summed E-state index contributed by atoms with van der Waals surface area (Å²) in [4.78, 5) is 3.35. The summed E-state index contributed by atoms with van der Waals surface area (Å²) in [5.41, 5.74) is 2.22. The van der Waals surface area contributed by atoms with E-state index in [2.05, 4.69) is 28.6 Å². The van der Waals surface area contributed by atoms with Crippen molar-refractivity contribution in [2.75, 3.05) is 6.61 Å². The molecule has 4 heteroatoms. The van der Waals surface area contributed by atoms with E-state index in [4.69, 9.17) is 17.0 Å². The Morgan fingerprint density at radius 2 is 2.25 bits per heavy atom. The topological polar surface area (TPSA) is 29.9 Å². The lowest BCUT2D eigenvalue weighted by Crippen LogP contribution is -2.17. The van der Waals surface area contributed by atoms with E-state index in [1.807, 2.05) is 13.0 Å². The number of imidazole rings is 1. The second-order valence-electron chi connectivity index (χ2n) is 5.81. The maximum absolute atomic E-state index is 5.71. The number of benzene rings is 1. The third-order valence-corrected chi connectivity index (χ3v) is 4.59. The molecule has 3 nitrogen and oxygen atoms in total. The average Bonchev–Trinajstić information content (AvgIpc) is 2.76. The Hall–Kier alpha value is -1.29. The maximum atomic E-state index is 5.71. The molecule has 0 spiro atoms. The number of nitrogens with one attached hydrogen (secondary N) is 1. The van der Waals surface area contributed by atoms with E-state index in [0.29, 0.717) is 12.6 Å². The highest BCUT2D eigenvalue weighted by molar-refractivity contribution is 7.71. The first-order valence-corrected chi connectivity index (χ1v) is 7.97. The van der Waals surface area contributed by atoms with E-state index in [9.17, 15) is 0 Å². The number of nitrogens with zero attached hydrogens (tertiary/aromatic N) is 1. The first-order valence-electron chi connectivity index (χ1n) is 7.56. The molecule has 1 aromatic carbocycles. The van der Waals surface area contributed by atoms with Gasteiger partial charge >= 0.3 is 0 Å². The first kappa shape index (κ1) is 13.7. The molecule has 0 radical (unpaired) electrons. The van der Waals surface area contributed by atoms with Gasteiger partial charge in [0.25, 0.3) is 0 Å². The molecule has 3 rings (SSSR count). The lowest BCUT2D eigenvalue weighted by atomic mass is 9.87. The molecule has 1 heterocycles. The summed E-state index contributed by atoms with van der Waals surface area (Å²) in [5, 5.41) is 0. The maximum Gasteiger partial charge on any atom is 0.178 e. The Bertz CT molecular complexity index is 658. The number of hydrogen-bond acceptors (Lipinski definition) is 2. The number of rotatable bonds is 3. The van der Waals surface area contributed by atoms with Crippen LogP contribution in [0.25, 0.3) is 11.0 Å². The van der Waals surface area contributed by atoms with Crippen LogP contribution in [0.3, 0.4) is 0 Å². The van der Waals surface area contributed by atoms with Gasteiger partial charge in [-0.05, 0) is 50.0 Å². The number of fused-ring (bicyclic) bond motifs is 1. The van der Waals surface area contributed by atoms with Crippen molar-refractivity contribution in [3.8, 4) is 5.75 Å². The number of H-pyrrole nitrogens is 1. The van der Waals surface area contributed by atoms with Crippen molar-refractivity contribution >= 4 is 23.3 Å². The summed E-state index contributed by atoms with van der Waals surface area (Å²) in [5.74, 6) is 1.69. The quantitative estimate of drug-likeness (QED) is 0.819. The van der Waals surface area contributed by atoms with Crippen LogP contribution in [0.2, 0.25) is 0 Å². The molecular weight excluding hydrogens is 268 g/mol. The molecule has 1 saturated carbocycles. The number of aromatic nitrogens is 2. The third-order valence-electron chi connectivity index (χ3n) is 4.29. The van der Waals surface area contributed by atoms with Gasteiger partial charge in [-0.15, -0.1) is 0 Å². The van der Waals surface area contributed by atoms with Crippen LogP contribution in [0.4, 0.5) is 0 Å². The van der Waals surface area contributed by atoms with Crippen molar-refractivity contribution in [2.45, 2.75) is 45.6 Å². The number of hydrogen-bond donors (Lipinski definition) is 1. The van der Waals surface area contributed by atoms with E-state index >= 15 is 0 Å². The Morgan fingerprint density at radius 3 is 3.00 bits per heavy atom. The van der Waals surface area contributed by atoms with E-state index in [-0.39, 0.29) is 0 Å². The van der Waals surface area contributed by atoms with Gasteiger partial charge < -0.3 is 14.3 Å². The van der Waals surface area contributed by atoms with Crippen molar-refractivity contribution in [3.05, 3.63) is 23.0 Å². The van der Waals surface area contributed by atoms with Crippen LogP contribution in [0.15, 0.2) is 18.2 Å². The Morgan fingerprint density at radius 1 is 1.40 bits per heavy atom. The zero-order valence-corrected chi connectivity index (χ0v) is 13.0. The minimum atomic E-state index is 0.525. The smallest absolute Gasteiger partial charge is 0.178 e. The highest BCUT2D eigenvalue weighted by Gasteiger charge is 2.23. The van der Waals surface area contributed by atoms with Crippen molar-refractivity contribution in [2.24, 2.45) is 5.92 Å². The normalized spacial score (nSPS) is 23.1. The van der Waals surface area contributed by atoms with Gasteiger partial charge in [-0.3, -0.25) is 0 Å². The Labute approximate surface area is 125 Å². The predicted molar refractivity (Wildman–Crippen MR) is 85.0 cm³/mol. The van der Waals surface area contributed by atoms with Crippen LogP contribution in [0, 0.1) is 10.7 Å². The first-order chi connectivity index (χ1) is 9.70. The monoisotopic (exact) mass is 290 g/mol. The highest BCUT2D eigenvalue weighted by atomic mass is 32.1. The molecule has 2 unspecified atom stereocenters. The van der Waals surface area contributed by atoms with Crippen molar-refractivity contribution in [3.63, 3.8) is 0 Å².